The number of hydrogen-bond acceptors (Lipinski definition) is 2. The fraction of sp³-hybridized carbons (Fsp3) is 0.400. The highest BCUT2D eigenvalue weighted by Crippen LogP contribution is 2.28. The molecule has 1 fully saturated rings. The van der Waals surface area contributed by atoms with Gasteiger partial charge in [0.05, 0.1) is 7.11 Å². The van der Waals surface area contributed by atoms with E-state index in [2.05, 4.69) is 53.4 Å². The number of ether oxygens (including phenoxy) is 1. The van der Waals surface area contributed by atoms with E-state index >= 15 is 0 Å². The Morgan fingerprint density at radius 3 is 2.39 bits per heavy atom. The smallest absolute Gasteiger partial charge is 0.119 e. The van der Waals surface area contributed by atoms with E-state index in [4.69, 9.17) is 4.74 Å². The van der Waals surface area contributed by atoms with Gasteiger partial charge in [0, 0.05) is 6.54 Å². The quantitative estimate of drug-likeness (QED) is 0.779. The van der Waals surface area contributed by atoms with Crippen molar-refractivity contribution in [3.63, 3.8) is 0 Å². The lowest BCUT2D eigenvalue weighted by atomic mass is 9.97. The first-order chi connectivity index (χ1) is 10.9. The Morgan fingerprint density at radius 1 is 0.957 bits per heavy atom. The van der Waals surface area contributed by atoms with Gasteiger partial charge in [0.1, 0.15) is 5.75 Å². The van der Waals surface area contributed by atoms with E-state index in [0.717, 1.165) is 18.7 Å². The lowest BCUT2D eigenvalue weighted by molar-refractivity contribution is 0.231. The number of likely N-dealkylation sites (tertiary alicyclic amines) is 1. The molecule has 0 N–H and O–H groups in total. The van der Waals surface area contributed by atoms with Crippen LogP contribution in [0.5, 0.6) is 5.75 Å². The van der Waals surface area contributed by atoms with Crippen LogP contribution < -0.4 is 4.74 Å². The molecule has 0 spiro atoms. The second-order valence-corrected chi connectivity index (χ2v) is 6.04. The molecule has 0 aromatic heterocycles. The average Bonchev–Trinajstić information content (AvgIpc) is 2.61. The zero-order chi connectivity index (χ0) is 15.2. The van der Waals surface area contributed by atoms with Gasteiger partial charge in [0.2, 0.25) is 0 Å². The van der Waals surface area contributed by atoms with Gasteiger partial charge in [-0.05, 0) is 61.2 Å². The Bertz CT molecular complexity index is 594. The predicted molar refractivity (Wildman–Crippen MR) is 99.7 cm³/mol. The fourth-order valence-corrected chi connectivity index (χ4v) is 3.25. The van der Waals surface area contributed by atoms with Gasteiger partial charge in [-0.3, -0.25) is 0 Å². The number of hydrogen-bond donors (Lipinski definition) is 0. The maximum Gasteiger partial charge on any atom is 0.119 e. The van der Waals surface area contributed by atoms with E-state index in [1.165, 1.54) is 49.0 Å². The summed E-state index contributed by atoms with van der Waals surface area (Å²) in [4.78, 5) is 2.60. The molecular formula is C20H26ClNO. The normalized spacial score (nSPS) is 15.0. The topological polar surface area (TPSA) is 12.5 Å². The van der Waals surface area contributed by atoms with Crippen molar-refractivity contribution >= 4 is 12.4 Å². The number of nitrogens with zero attached hydrogens (tertiary/aromatic N) is 1. The minimum absolute atomic E-state index is 0. The Kier molecular flexibility index (Phi) is 6.94. The summed E-state index contributed by atoms with van der Waals surface area (Å²) in [5.74, 6) is 0.931. The van der Waals surface area contributed by atoms with Gasteiger partial charge in [-0.25, -0.2) is 0 Å². The van der Waals surface area contributed by atoms with Crippen LogP contribution in [0.4, 0.5) is 0 Å². The van der Waals surface area contributed by atoms with Crippen LogP contribution in [0, 0.1) is 0 Å². The Balaban J connectivity index is 0.00000192. The largest absolute Gasteiger partial charge is 0.497 e. The first-order valence-electron chi connectivity index (χ1n) is 8.31. The van der Waals surface area contributed by atoms with E-state index in [1.807, 2.05) is 0 Å². The van der Waals surface area contributed by atoms with E-state index in [9.17, 15) is 0 Å². The molecule has 124 valence electrons. The molecule has 1 saturated heterocycles. The summed E-state index contributed by atoms with van der Waals surface area (Å²) >= 11 is 0. The lowest BCUT2D eigenvalue weighted by Gasteiger charge is -2.26. The Morgan fingerprint density at radius 2 is 1.70 bits per heavy atom. The van der Waals surface area contributed by atoms with E-state index in [0.29, 0.717) is 0 Å². The third-order valence-corrected chi connectivity index (χ3v) is 4.55. The maximum atomic E-state index is 5.42. The van der Waals surface area contributed by atoms with Crippen LogP contribution in [-0.4, -0.2) is 31.6 Å². The SMILES string of the molecule is COc1ccc(CCN2CCCCC2)c(-c2ccccc2)c1.Cl. The monoisotopic (exact) mass is 331 g/mol. The summed E-state index contributed by atoms with van der Waals surface area (Å²) < 4.78 is 5.42. The van der Waals surface area contributed by atoms with Crippen molar-refractivity contribution < 1.29 is 4.74 Å². The molecule has 0 bridgehead atoms. The molecule has 2 nitrogen and oxygen atoms in total. The van der Waals surface area contributed by atoms with Crippen LogP contribution in [0.1, 0.15) is 24.8 Å². The van der Waals surface area contributed by atoms with Crippen LogP contribution in [0.25, 0.3) is 11.1 Å². The van der Waals surface area contributed by atoms with Crippen molar-refractivity contribution in [3.05, 3.63) is 54.1 Å². The van der Waals surface area contributed by atoms with Gasteiger partial charge in [0.25, 0.3) is 0 Å². The van der Waals surface area contributed by atoms with Crippen molar-refractivity contribution in [2.45, 2.75) is 25.7 Å². The van der Waals surface area contributed by atoms with Crippen LogP contribution in [0.2, 0.25) is 0 Å². The highest BCUT2D eigenvalue weighted by molar-refractivity contribution is 5.85. The Hall–Kier alpha value is -1.51. The van der Waals surface area contributed by atoms with Gasteiger partial charge < -0.3 is 9.64 Å². The number of rotatable bonds is 5. The minimum Gasteiger partial charge on any atom is -0.497 e. The lowest BCUT2D eigenvalue weighted by Crippen LogP contribution is -2.31. The minimum atomic E-state index is 0. The molecule has 0 radical (unpaired) electrons. The fourth-order valence-electron chi connectivity index (χ4n) is 3.25. The second kappa shape index (κ2) is 8.95. The third-order valence-electron chi connectivity index (χ3n) is 4.55. The van der Waals surface area contributed by atoms with E-state index in [1.54, 1.807) is 7.11 Å². The van der Waals surface area contributed by atoms with Gasteiger partial charge >= 0.3 is 0 Å². The summed E-state index contributed by atoms with van der Waals surface area (Å²) in [6.45, 7) is 3.68. The van der Waals surface area contributed by atoms with Gasteiger partial charge in [-0.15, -0.1) is 12.4 Å². The molecule has 23 heavy (non-hydrogen) atoms. The molecule has 0 amide bonds. The van der Waals surface area contributed by atoms with Gasteiger partial charge in [0.15, 0.2) is 0 Å². The van der Waals surface area contributed by atoms with Crippen LogP contribution >= 0.6 is 12.4 Å². The van der Waals surface area contributed by atoms with E-state index < -0.39 is 0 Å². The summed E-state index contributed by atoms with van der Waals surface area (Å²) in [6, 6.07) is 17.1. The summed E-state index contributed by atoms with van der Waals surface area (Å²) in [7, 11) is 1.73. The third kappa shape index (κ3) is 4.73. The highest BCUT2D eigenvalue weighted by atomic mass is 35.5. The van der Waals surface area contributed by atoms with Crippen LogP contribution in [-0.2, 0) is 6.42 Å². The molecule has 0 saturated carbocycles. The zero-order valence-electron chi connectivity index (χ0n) is 13.8. The summed E-state index contributed by atoms with van der Waals surface area (Å²) in [6.07, 6.45) is 5.21. The number of benzene rings is 2. The molecule has 0 aliphatic carbocycles. The molecule has 1 aliphatic heterocycles. The van der Waals surface area contributed by atoms with Crippen molar-refractivity contribution in [1.82, 2.24) is 4.90 Å². The van der Waals surface area contributed by atoms with Crippen molar-refractivity contribution in [3.8, 4) is 16.9 Å². The first kappa shape index (κ1) is 17.8. The second-order valence-electron chi connectivity index (χ2n) is 6.04. The zero-order valence-corrected chi connectivity index (χ0v) is 14.6. The molecule has 1 heterocycles. The molecule has 1 aliphatic rings. The Labute approximate surface area is 145 Å². The molecule has 3 rings (SSSR count). The molecular weight excluding hydrogens is 306 g/mol. The van der Waals surface area contributed by atoms with Crippen molar-refractivity contribution in [1.29, 1.82) is 0 Å². The maximum absolute atomic E-state index is 5.42. The highest BCUT2D eigenvalue weighted by Gasteiger charge is 2.12. The first-order valence-corrected chi connectivity index (χ1v) is 8.31. The number of piperidine rings is 1. The molecule has 2 aromatic carbocycles. The van der Waals surface area contributed by atoms with Gasteiger partial charge in [-0.1, -0.05) is 42.8 Å². The molecule has 0 unspecified atom stereocenters. The summed E-state index contributed by atoms with van der Waals surface area (Å²) in [5, 5.41) is 0. The van der Waals surface area contributed by atoms with Crippen LogP contribution in [0.15, 0.2) is 48.5 Å². The van der Waals surface area contributed by atoms with Crippen molar-refractivity contribution in [2.24, 2.45) is 0 Å². The van der Waals surface area contributed by atoms with Gasteiger partial charge in [-0.2, -0.15) is 0 Å². The average molecular weight is 332 g/mol. The summed E-state index contributed by atoms with van der Waals surface area (Å²) in [5.41, 5.74) is 3.99. The molecule has 3 heteroatoms. The standard InChI is InChI=1S/C20H25NO.ClH/c1-22-19-11-10-18(12-15-21-13-6-3-7-14-21)20(16-19)17-8-4-2-5-9-17;/h2,4-5,8-11,16H,3,6-7,12-15H2,1H3;1H. The molecule has 2 aromatic rings. The number of methoxy groups -OCH3 is 1. The predicted octanol–water partition coefficient (Wildman–Crippen LogP) is 4.81. The van der Waals surface area contributed by atoms with E-state index in [-0.39, 0.29) is 12.4 Å². The van der Waals surface area contributed by atoms with Crippen molar-refractivity contribution in [2.75, 3.05) is 26.7 Å². The molecule has 0 atom stereocenters. The van der Waals surface area contributed by atoms with Crippen LogP contribution in [0.3, 0.4) is 0 Å². The number of halogens is 1.